The summed E-state index contributed by atoms with van der Waals surface area (Å²) in [4.78, 5) is 19.7. The van der Waals surface area contributed by atoms with Gasteiger partial charge in [-0.1, -0.05) is 26.3 Å². The Kier molecular flexibility index (Phi) is 4.81. The molecule has 1 fully saturated rings. The number of rotatable bonds is 2. The molecule has 2 unspecified atom stereocenters. The highest BCUT2D eigenvalue weighted by atomic mass is 35.5. The summed E-state index contributed by atoms with van der Waals surface area (Å²) in [6, 6.07) is 1.91. The Labute approximate surface area is 176 Å². The Bertz CT molecular complexity index is 1080. The molecule has 0 aromatic carbocycles. The lowest BCUT2D eigenvalue weighted by atomic mass is 9.91. The van der Waals surface area contributed by atoms with Crippen LogP contribution < -0.4 is 0 Å². The van der Waals surface area contributed by atoms with Crippen LogP contribution in [0.3, 0.4) is 0 Å². The number of allylic oxidation sites excluding steroid dienone is 1. The van der Waals surface area contributed by atoms with Crippen LogP contribution in [-0.2, 0) is 4.79 Å². The van der Waals surface area contributed by atoms with E-state index in [0.29, 0.717) is 19.5 Å². The molecule has 1 amide bonds. The number of nitrogens with zero attached hydrogens (tertiary/aromatic N) is 5. The van der Waals surface area contributed by atoms with Gasteiger partial charge in [-0.25, -0.2) is 9.99 Å². The molecule has 3 aliphatic heterocycles. The Morgan fingerprint density at radius 3 is 2.83 bits per heavy atom. The number of fused-ring (bicyclic) bond motifs is 2. The Morgan fingerprint density at radius 2 is 2.03 bits per heavy atom. The third-order valence-corrected chi connectivity index (χ3v) is 7.56. The van der Waals surface area contributed by atoms with E-state index in [2.05, 4.69) is 29.1 Å². The van der Waals surface area contributed by atoms with Gasteiger partial charge in [-0.3, -0.25) is 4.79 Å². The molecule has 2 aromatic heterocycles. The lowest BCUT2D eigenvalue weighted by Gasteiger charge is -2.35. The van der Waals surface area contributed by atoms with Crippen molar-refractivity contribution in [3.8, 4) is 0 Å². The Morgan fingerprint density at radius 1 is 1.24 bits per heavy atom. The van der Waals surface area contributed by atoms with Crippen LogP contribution >= 0.6 is 20.2 Å². The zero-order valence-corrected chi connectivity index (χ0v) is 18.2. The summed E-state index contributed by atoms with van der Waals surface area (Å²) in [6.07, 6.45) is 12.1. The van der Waals surface area contributed by atoms with E-state index in [9.17, 15) is 4.79 Å². The van der Waals surface area contributed by atoms with Crippen LogP contribution in [0.1, 0.15) is 24.1 Å². The number of hydrogen-bond donors (Lipinski definition) is 0. The zero-order valence-electron chi connectivity index (χ0n) is 16.5. The number of carbonyl (C=O) groups is 1. The van der Waals surface area contributed by atoms with Crippen LogP contribution in [0.25, 0.3) is 11.0 Å². The molecule has 5 heterocycles. The molecule has 0 aliphatic carbocycles. The summed E-state index contributed by atoms with van der Waals surface area (Å²) >= 11 is 6.44. The molecule has 0 N–H and O–H groups in total. The first-order valence-electron chi connectivity index (χ1n) is 9.90. The Hall–Kier alpha value is -2.01. The van der Waals surface area contributed by atoms with E-state index >= 15 is 0 Å². The predicted molar refractivity (Wildman–Crippen MR) is 119 cm³/mol. The molecular weight excluding hydrogens is 405 g/mol. The molecule has 5 rings (SSSR count). The SMILES string of the molecule is Cc1cn2cc(C3=CC(=O)N4N=C(C5CCN(C)CC5)C=CC4P3)cc(Cl)c2n1. The molecular formula is C21H23ClN5OP. The number of halogens is 1. The summed E-state index contributed by atoms with van der Waals surface area (Å²) in [5, 5.41) is 8.02. The monoisotopic (exact) mass is 427 g/mol. The minimum Gasteiger partial charge on any atom is -0.306 e. The highest BCUT2D eigenvalue weighted by Gasteiger charge is 2.32. The van der Waals surface area contributed by atoms with Gasteiger partial charge < -0.3 is 9.30 Å². The van der Waals surface area contributed by atoms with Crippen molar-refractivity contribution in [3.05, 3.63) is 53.0 Å². The molecule has 0 bridgehead atoms. The normalized spacial score (nSPS) is 24.2. The second-order valence-corrected chi connectivity index (χ2v) is 9.81. The molecule has 2 aromatic rings. The lowest BCUT2D eigenvalue weighted by Crippen LogP contribution is -2.40. The standard InChI is InChI=1S/C21H23ClN5OP/c1-13-11-26-12-15(9-16(22)21(26)23-13)18-10-19(28)27-20(29-18)4-3-17(24-27)14-5-7-25(2)8-6-14/h3-4,9-12,14,20,29H,5-8H2,1-2H3. The van der Waals surface area contributed by atoms with Crippen molar-refractivity contribution in [2.45, 2.75) is 25.5 Å². The van der Waals surface area contributed by atoms with Gasteiger partial charge >= 0.3 is 0 Å². The van der Waals surface area contributed by atoms with Gasteiger partial charge in [0.2, 0.25) is 0 Å². The van der Waals surface area contributed by atoms with Gasteiger partial charge in [-0.15, -0.1) is 0 Å². The predicted octanol–water partition coefficient (Wildman–Crippen LogP) is 3.75. The van der Waals surface area contributed by atoms with Crippen molar-refractivity contribution >= 4 is 42.8 Å². The molecule has 0 radical (unpaired) electrons. The molecule has 8 heteroatoms. The molecule has 29 heavy (non-hydrogen) atoms. The molecule has 3 aliphatic rings. The van der Waals surface area contributed by atoms with Crippen LogP contribution in [0.2, 0.25) is 5.02 Å². The molecule has 1 saturated heterocycles. The lowest BCUT2D eigenvalue weighted by molar-refractivity contribution is -0.126. The van der Waals surface area contributed by atoms with Crippen LogP contribution in [0.15, 0.2) is 41.8 Å². The van der Waals surface area contributed by atoms with Crippen LogP contribution in [0, 0.1) is 12.8 Å². The van der Waals surface area contributed by atoms with Gasteiger partial charge in [0, 0.05) is 30.0 Å². The molecule has 2 atom stereocenters. The van der Waals surface area contributed by atoms with E-state index < -0.39 is 0 Å². The van der Waals surface area contributed by atoms with Crippen LogP contribution in [-0.4, -0.2) is 56.8 Å². The maximum atomic E-state index is 12.9. The first kappa shape index (κ1) is 19.0. The van der Waals surface area contributed by atoms with E-state index in [-0.39, 0.29) is 11.7 Å². The first-order chi connectivity index (χ1) is 14.0. The number of imidazole rings is 1. The van der Waals surface area contributed by atoms with Gasteiger partial charge in [0.25, 0.3) is 5.91 Å². The van der Waals surface area contributed by atoms with Gasteiger partial charge in [-0.2, -0.15) is 5.10 Å². The molecule has 0 saturated carbocycles. The highest BCUT2D eigenvalue weighted by Crippen LogP contribution is 2.45. The van der Waals surface area contributed by atoms with E-state index in [1.807, 2.05) is 29.8 Å². The van der Waals surface area contributed by atoms with Gasteiger partial charge in [-0.05, 0) is 57.4 Å². The number of hydrazone groups is 1. The average molecular weight is 428 g/mol. The van der Waals surface area contributed by atoms with Crippen molar-refractivity contribution in [1.29, 1.82) is 0 Å². The van der Waals surface area contributed by atoms with E-state index in [1.54, 1.807) is 11.1 Å². The van der Waals surface area contributed by atoms with Crippen molar-refractivity contribution < 1.29 is 4.79 Å². The number of piperidine rings is 1. The minimum atomic E-state index is -0.0587. The number of likely N-dealkylation sites (tertiary alicyclic amines) is 1. The second-order valence-electron chi connectivity index (χ2n) is 7.98. The smallest absolute Gasteiger partial charge is 0.268 e. The summed E-state index contributed by atoms with van der Waals surface area (Å²) in [6.45, 7) is 4.11. The molecule has 0 spiro atoms. The zero-order chi connectivity index (χ0) is 20.1. The fraction of sp³-hybridized carbons (Fsp3) is 0.381. The number of hydrogen-bond acceptors (Lipinski definition) is 4. The van der Waals surface area contributed by atoms with Gasteiger partial charge in [0.05, 0.1) is 22.2 Å². The fourth-order valence-electron chi connectivity index (χ4n) is 4.19. The topological polar surface area (TPSA) is 53.2 Å². The van der Waals surface area contributed by atoms with Crippen molar-refractivity contribution in [1.82, 2.24) is 19.3 Å². The summed E-state index contributed by atoms with van der Waals surface area (Å²) < 4.78 is 1.93. The summed E-state index contributed by atoms with van der Waals surface area (Å²) in [5.41, 5.74) is 3.66. The third kappa shape index (κ3) is 3.54. The maximum absolute atomic E-state index is 12.9. The number of amides is 1. The number of carbonyl (C=O) groups excluding carboxylic acids is 1. The van der Waals surface area contributed by atoms with Crippen molar-refractivity contribution in [3.63, 3.8) is 0 Å². The van der Waals surface area contributed by atoms with Crippen molar-refractivity contribution in [2.24, 2.45) is 11.0 Å². The van der Waals surface area contributed by atoms with Crippen molar-refractivity contribution in [2.75, 3.05) is 20.1 Å². The minimum absolute atomic E-state index is 0.0171. The number of pyridine rings is 1. The maximum Gasteiger partial charge on any atom is 0.268 e. The quantitative estimate of drug-likeness (QED) is 0.686. The highest BCUT2D eigenvalue weighted by molar-refractivity contribution is 7.51. The number of aryl methyl sites for hydroxylation is 1. The first-order valence-corrected chi connectivity index (χ1v) is 11.4. The third-order valence-electron chi connectivity index (χ3n) is 5.81. The van der Waals surface area contributed by atoms with E-state index in [0.717, 1.165) is 53.9 Å². The average Bonchev–Trinajstić information content (AvgIpc) is 3.09. The Balaban J connectivity index is 1.42. The van der Waals surface area contributed by atoms with E-state index in [1.165, 1.54) is 0 Å². The molecule has 150 valence electrons. The van der Waals surface area contributed by atoms with Gasteiger partial charge in [0.1, 0.15) is 0 Å². The fourth-order valence-corrected chi connectivity index (χ4v) is 5.78. The van der Waals surface area contributed by atoms with Crippen LogP contribution in [0.5, 0.6) is 0 Å². The number of aromatic nitrogens is 2. The largest absolute Gasteiger partial charge is 0.306 e. The van der Waals surface area contributed by atoms with Crippen LogP contribution in [0.4, 0.5) is 0 Å². The summed E-state index contributed by atoms with van der Waals surface area (Å²) in [5.74, 6) is 0.365. The molecule has 6 nitrogen and oxygen atoms in total. The van der Waals surface area contributed by atoms with Gasteiger partial charge in [0.15, 0.2) is 5.65 Å². The van der Waals surface area contributed by atoms with E-state index in [4.69, 9.17) is 16.7 Å². The second kappa shape index (κ2) is 7.35. The summed E-state index contributed by atoms with van der Waals surface area (Å²) in [7, 11) is 2.58.